The first-order valence-corrected chi connectivity index (χ1v) is 9.42. The Labute approximate surface area is 166 Å². The SMILES string of the molecule is CCOC(C)=O.Cc1csc(-c2[nH]cccncnc2-c2ccc(F)cc2)n1. The smallest absolute Gasteiger partial charge is 0.302 e. The van der Waals surface area contributed by atoms with Gasteiger partial charge in [-0.1, -0.05) is 0 Å². The highest BCUT2D eigenvalue weighted by molar-refractivity contribution is 7.13. The third-order valence-electron chi connectivity index (χ3n) is 3.28. The van der Waals surface area contributed by atoms with Gasteiger partial charge in [0.05, 0.1) is 12.3 Å². The van der Waals surface area contributed by atoms with E-state index in [9.17, 15) is 9.18 Å². The number of halogens is 1. The fraction of sp³-hybridized carbons (Fsp3) is 0.200. The van der Waals surface area contributed by atoms with Gasteiger partial charge in [-0.15, -0.1) is 11.3 Å². The Balaban J connectivity index is 0.000000409. The lowest BCUT2D eigenvalue weighted by atomic mass is 10.1. The maximum Gasteiger partial charge on any atom is 0.302 e. The Morgan fingerprint density at radius 1 is 1.29 bits per heavy atom. The van der Waals surface area contributed by atoms with Crippen LogP contribution in [0.4, 0.5) is 4.39 Å². The number of hydrogen-bond donors (Lipinski definition) is 1. The van der Waals surface area contributed by atoms with E-state index in [1.54, 1.807) is 37.5 Å². The van der Waals surface area contributed by atoms with Crippen molar-refractivity contribution in [2.45, 2.75) is 20.8 Å². The predicted molar refractivity (Wildman–Crippen MR) is 108 cm³/mol. The molecule has 0 aliphatic carbocycles. The van der Waals surface area contributed by atoms with Crippen LogP contribution in [-0.4, -0.2) is 32.5 Å². The second-order valence-corrected chi connectivity index (χ2v) is 6.35. The van der Waals surface area contributed by atoms with Crippen molar-refractivity contribution < 1.29 is 13.9 Å². The van der Waals surface area contributed by atoms with E-state index in [4.69, 9.17) is 0 Å². The van der Waals surface area contributed by atoms with Crippen LogP contribution in [0.15, 0.2) is 54.4 Å². The number of benzene rings is 1. The zero-order valence-corrected chi connectivity index (χ0v) is 16.7. The molecule has 2 aromatic heterocycles. The topological polar surface area (TPSA) is 80.8 Å². The molecule has 2 heterocycles. The molecule has 0 atom stereocenters. The number of nitrogens with zero attached hydrogens (tertiary/aromatic N) is 3. The molecule has 0 fully saturated rings. The van der Waals surface area contributed by atoms with E-state index in [1.807, 2.05) is 12.3 Å². The Bertz CT molecular complexity index is 953. The number of H-pyrrole nitrogens is 1. The molecule has 0 saturated carbocycles. The Morgan fingerprint density at radius 2 is 2.04 bits per heavy atom. The van der Waals surface area contributed by atoms with Crippen molar-refractivity contribution in [3.63, 3.8) is 0 Å². The minimum absolute atomic E-state index is 0.211. The van der Waals surface area contributed by atoms with Gasteiger partial charge in [0.1, 0.15) is 22.8 Å². The molecule has 0 saturated heterocycles. The summed E-state index contributed by atoms with van der Waals surface area (Å²) in [6.45, 7) is 5.59. The molecular weight excluding hydrogens is 379 g/mol. The van der Waals surface area contributed by atoms with E-state index < -0.39 is 0 Å². The zero-order chi connectivity index (χ0) is 20.4. The van der Waals surface area contributed by atoms with Crippen molar-refractivity contribution in [1.29, 1.82) is 0 Å². The van der Waals surface area contributed by atoms with Crippen molar-refractivity contribution in [2.24, 2.45) is 0 Å². The van der Waals surface area contributed by atoms with Gasteiger partial charge in [0.2, 0.25) is 0 Å². The fourth-order valence-corrected chi connectivity index (χ4v) is 2.95. The van der Waals surface area contributed by atoms with Gasteiger partial charge in [0.15, 0.2) is 0 Å². The number of aromatic nitrogens is 4. The number of aromatic amines is 1. The van der Waals surface area contributed by atoms with Crippen LogP contribution in [0.1, 0.15) is 19.5 Å². The Kier molecular flexibility index (Phi) is 8.23. The largest absolute Gasteiger partial charge is 0.466 e. The lowest BCUT2D eigenvalue weighted by Gasteiger charge is -2.04. The highest BCUT2D eigenvalue weighted by Crippen LogP contribution is 2.29. The van der Waals surface area contributed by atoms with Crippen LogP contribution in [0, 0.1) is 12.7 Å². The van der Waals surface area contributed by atoms with Crippen LogP contribution in [0.25, 0.3) is 22.0 Å². The average Bonchev–Trinajstić information content (AvgIpc) is 3.13. The minimum Gasteiger partial charge on any atom is -0.466 e. The number of hydrogen-bond acceptors (Lipinski definition) is 6. The molecular formula is C20H21FN4O2S. The molecule has 8 heteroatoms. The average molecular weight is 400 g/mol. The number of thiazole rings is 1. The molecule has 3 aromatic rings. The number of nitrogens with one attached hydrogen (secondary N) is 1. The maximum absolute atomic E-state index is 13.2. The third-order valence-corrected chi connectivity index (χ3v) is 4.26. The summed E-state index contributed by atoms with van der Waals surface area (Å²) in [5.74, 6) is -0.494. The van der Waals surface area contributed by atoms with Crippen LogP contribution in [0.3, 0.4) is 0 Å². The highest BCUT2D eigenvalue weighted by atomic mass is 32.1. The summed E-state index contributed by atoms with van der Waals surface area (Å²) < 4.78 is 17.6. The maximum atomic E-state index is 13.2. The standard InChI is InChI=1S/C16H13FN4S.C4H8O2/c1-11-9-22-16(21-11)15-14(12-3-5-13(17)6-4-12)20-10-18-7-2-8-19-15;1-3-6-4(2)5/h2-10,19H,1H3;3H2,1-2H3. The first-order chi connectivity index (χ1) is 13.5. The number of rotatable bonds is 3. The quantitative estimate of drug-likeness (QED) is 0.643. The van der Waals surface area contributed by atoms with Crippen LogP contribution in [0.5, 0.6) is 0 Å². The van der Waals surface area contributed by atoms with E-state index in [0.29, 0.717) is 12.3 Å². The summed E-state index contributed by atoms with van der Waals surface area (Å²) in [6.07, 6.45) is 4.87. The van der Waals surface area contributed by atoms with Crippen LogP contribution < -0.4 is 0 Å². The molecule has 0 aliphatic rings. The van der Waals surface area contributed by atoms with Gasteiger partial charge in [-0.3, -0.25) is 4.79 Å². The molecule has 0 amide bonds. The number of carbonyl (C=O) groups excluding carboxylic acids is 1. The van der Waals surface area contributed by atoms with E-state index >= 15 is 0 Å². The molecule has 1 N–H and O–H groups in total. The zero-order valence-electron chi connectivity index (χ0n) is 15.8. The van der Waals surface area contributed by atoms with Crippen molar-refractivity contribution in [1.82, 2.24) is 19.9 Å². The van der Waals surface area contributed by atoms with E-state index in [0.717, 1.165) is 22.0 Å². The monoisotopic (exact) mass is 400 g/mol. The summed E-state index contributed by atoms with van der Waals surface area (Å²) >= 11 is 1.53. The summed E-state index contributed by atoms with van der Waals surface area (Å²) in [5.41, 5.74) is 3.16. The summed E-state index contributed by atoms with van der Waals surface area (Å²) in [7, 11) is 0. The van der Waals surface area contributed by atoms with Crippen molar-refractivity contribution in [3.05, 3.63) is 65.9 Å². The second kappa shape index (κ2) is 10.9. The van der Waals surface area contributed by atoms with E-state index in [1.165, 1.54) is 36.7 Å². The minimum atomic E-state index is -0.283. The first-order valence-electron chi connectivity index (χ1n) is 8.54. The molecule has 0 spiro atoms. The van der Waals surface area contributed by atoms with Gasteiger partial charge >= 0.3 is 5.97 Å². The van der Waals surface area contributed by atoms with Crippen molar-refractivity contribution >= 4 is 17.3 Å². The summed E-state index contributed by atoms with van der Waals surface area (Å²) in [5, 5.41) is 2.79. The number of carbonyl (C=O) groups is 1. The van der Waals surface area contributed by atoms with E-state index in [-0.39, 0.29) is 11.8 Å². The van der Waals surface area contributed by atoms with E-state index in [2.05, 4.69) is 24.7 Å². The van der Waals surface area contributed by atoms with Crippen LogP contribution in [-0.2, 0) is 9.53 Å². The normalized spacial score (nSPS) is 9.71. The Morgan fingerprint density at radius 3 is 2.61 bits per heavy atom. The predicted octanol–water partition coefficient (Wildman–Crippen LogP) is 4.74. The molecule has 0 unspecified atom stereocenters. The van der Waals surface area contributed by atoms with Crippen LogP contribution >= 0.6 is 11.3 Å². The van der Waals surface area contributed by atoms with Gasteiger partial charge < -0.3 is 9.72 Å². The van der Waals surface area contributed by atoms with Crippen molar-refractivity contribution in [2.75, 3.05) is 6.61 Å². The van der Waals surface area contributed by atoms with Gasteiger partial charge in [-0.2, -0.15) is 0 Å². The summed E-state index contributed by atoms with van der Waals surface area (Å²) in [4.78, 5) is 26.0. The summed E-state index contributed by atoms with van der Waals surface area (Å²) in [6, 6.07) is 7.98. The lowest BCUT2D eigenvalue weighted by Crippen LogP contribution is -1.95. The lowest BCUT2D eigenvalue weighted by molar-refractivity contribution is -0.140. The fourth-order valence-electron chi connectivity index (χ4n) is 2.15. The third kappa shape index (κ3) is 6.55. The molecule has 0 aliphatic heterocycles. The van der Waals surface area contributed by atoms with Gasteiger partial charge in [-0.25, -0.2) is 19.3 Å². The van der Waals surface area contributed by atoms with Crippen LogP contribution in [0.2, 0.25) is 0 Å². The number of aryl methyl sites for hydroxylation is 1. The highest BCUT2D eigenvalue weighted by Gasteiger charge is 2.11. The Hall–Kier alpha value is -3.13. The molecule has 1 aromatic carbocycles. The second-order valence-electron chi connectivity index (χ2n) is 5.50. The van der Waals surface area contributed by atoms with Gasteiger partial charge in [-0.05, 0) is 44.2 Å². The van der Waals surface area contributed by atoms with Gasteiger partial charge in [0.25, 0.3) is 0 Å². The number of ether oxygens (including phenoxy) is 1. The first kappa shape index (κ1) is 21.2. The molecule has 3 rings (SSSR count). The number of esters is 1. The molecule has 146 valence electrons. The van der Waals surface area contributed by atoms with Crippen molar-refractivity contribution in [3.8, 4) is 22.0 Å². The van der Waals surface area contributed by atoms with Gasteiger partial charge in [0, 0.05) is 36.0 Å². The molecule has 0 radical (unpaired) electrons. The molecule has 6 nitrogen and oxygen atoms in total. The molecule has 0 bridgehead atoms. The molecule has 28 heavy (non-hydrogen) atoms.